The molecule has 1 aromatic carbocycles. The fourth-order valence-corrected chi connectivity index (χ4v) is 2.41. The van der Waals surface area contributed by atoms with Crippen molar-refractivity contribution in [3.05, 3.63) is 36.0 Å². The van der Waals surface area contributed by atoms with Gasteiger partial charge in [-0.3, -0.25) is 0 Å². The molecule has 0 amide bonds. The lowest BCUT2D eigenvalue weighted by Crippen LogP contribution is -2.12. The molecule has 0 fully saturated rings. The Kier molecular flexibility index (Phi) is 3.28. The fourth-order valence-electron chi connectivity index (χ4n) is 2.41. The summed E-state index contributed by atoms with van der Waals surface area (Å²) in [5.41, 5.74) is 4.18. The molecule has 0 saturated carbocycles. The number of fused-ring (bicyclic) bond motifs is 1. The Bertz CT molecular complexity index is 738. The summed E-state index contributed by atoms with van der Waals surface area (Å²) >= 11 is 0. The highest BCUT2D eigenvalue weighted by atomic mass is 15.0. The van der Waals surface area contributed by atoms with Gasteiger partial charge in [0.15, 0.2) is 0 Å². The summed E-state index contributed by atoms with van der Waals surface area (Å²) < 4.78 is 2.09. The molecule has 104 valence electrons. The van der Waals surface area contributed by atoms with Crippen LogP contribution in [0.5, 0.6) is 0 Å². The standard InChI is InChI=1S/C15H19N5/c1-10-17-12-5-4-11(8-13(12)18-10)14-9-20(3)15(19-14)6-7-16-2/h4-5,8-9,16H,6-7H2,1-3H3,(H,17,18). The predicted molar refractivity (Wildman–Crippen MR) is 80.7 cm³/mol. The van der Waals surface area contributed by atoms with Crippen molar-refractivity contribution in [2.24, 2.45) is 7.05 Å². The number of imidazole rings is 2. The summed E-state index contributed by atoms with van der Waals surface area (Å²) in [5.74, 6) is 2.03. The lowest BCUT2D eigenvalue weighted by atomic mass is 10.1. The topological polar surface area (TPSA) is 58.5 Å². The smallest absolute Gasteiger partial charge is 0.110 e. The molecule has 0 aliphatic carbocycles. The van der Waals surface area contributed by atoms with Crippen LogP contribution < -0.4 is 5.32 Å². The fraction of sp³-hybridized carbons (Fsp3) is 0.333. The first-order valence-electron chi connectivity index (χ1n) is 6.81. The van der Waals surface area contributed by atoms with Crippen molar-refractivity contribution in [3.8, 4) is 11.3 Å². The normalized spacial score (nSPS) is 11.3. The number of nitrogens with one attached hydrogen (secondary N) is 2. The first-order chi connectivity index (χ1) is 9.67. The highest BCUT2D eigenvalue weighted by Gasteiger charge is 2.08. The highest BCUT2D eigenvalue weighted by Crippen LogP contribution is 2.22. The zero-order chi connectivity index (χ0) is 14.1. The van der Waals surface area contributed by atoms with Gasteiger partial charge < -0.3 is 14.9 Å². The molecular weight excluding hydrogens is 250 g/mol. The van der Waals surface area contributed by atoms with E-state index in [0.717, 1.165) is 46.9 Å². The van der Waals surface area contributed by atoms with E-state index in [1.54, 1.807) is 0 Å². The third kappa shape index (κ3) is 2.32. The number of benzene rings is 1. The van der Waals surface area contributed by atoms with Crippen molar-refractivity contribution >= 4 is 11.0 Å². The molecule has 20 heavy (non-hydrogen) atoms. The average molecular weight is 269 g/mol. The van der Waals surface area contributed by atoms with Crippen LogP contribution in [0.15, 0.2) is 24.4 Å². The molecule has 3 rings (SSSR count). The molecule has 0 aliphatic heterocycles. The molecule has 2 heterocycles. The third-order valence-electron chi connectivity index (χ3n) is 3.47. The number of H-pyrrole nitrogens is 1. The van der Waals surface area contributed by atoms with Crippen LogP contribution >= 0.6 is 0 Å². The van der Waals surface area contributed by atoms with Gasteiger partial charge in [0.2, 0.25) is 0 Å². The SMILES string of the molecule is CNCCc1nc(-c2ccc3nc(C)[nH]c3c2)cn1C. The van der Waals surface area contributed by atoms with Crippen LogP contribution in [-0.4, -0.2) is 33.1 Å². The molecule has 0 unspecified atom stereocenters. The van der Waals surface area contributed by atoms with E-state index >= 15 is 0 Å². The van der Waals surface area contributed by atoms with Gasteiger partial charge in [-0.1, -0.05) is 6.07 Å². The zero-order valence-corrected chi connectivity index (χ0v) is 12.1. The summed E-state index contributed by atoms with van der Waals surface area (Å²) in [6, 6.07) is 6.22. The second-order valence-electron chi connectivity index (χ2n) is 5.06. The average Bonchev–Trinajstić information content (AvgIpc) is 2.97. The van der Waals surface area contributed by atoms with Gasteiger partial charge in [-0.15, -0.1) is 0 Å². The van der Waals surface area contributed by atoms with Crippen LogP contribution in [0.2, 0.25) is 0 Å². The minimum atomic E-state index is 0.929. The minimum absolute atomic E-state index is 0.929. The first kappa shape index (κ1) is 12.9. The van der Waals surface area contributed by atoms with Crippen molar-refractivity contribution in [1.82, 2.24) is 24.8 Å². The van der Waals surface area contributed by atoms with Gasteiger partial charge in [0.25, 0.3) is 0 Å². The van der Waals surface area contributed by atoms with Crippen LogP contribution in [0, 0.1) is 6.92 Å². The quantitative estimate of drug-likeness (QED) is 0.762. The van der Waals surface area contributed by atoms with Gasteiger partial charge >= 0.3 is 0 Å². The number of likely N-dealkylation sites (N-methyl/N-ethyl adjacent to an activating group) is 1. The largest absolute Gasteiger partial charge is 0.342 e. The Morgan fingerprint density at radius 1 is 1.30 bits per heavy atom. The van der Waals surface area contributed by atoms with Crippen molar-refractivity contribution in [2.45, 2.75) is 13.3 Å². The van der Waals surface area contributed by atoms with E-state index < -0.39 is 0 Å². The molecule has 2 N–H and O–H groups in total. The zero-order valence-electron chi connectivity index (χ0n) is 12.1. The third-order valence-corrected chi connectivity index (χ3v) is 3.47. The summed E-state index contributed by atoms with van der Waals surface area (Å²) in [6.07, 6.45) is 3.01. The Labute approximate surface area is 118 Å². The lowest BCUT2D eigenvalue weighted by Gasteiger charge is -1.99. The molecule has 0 aliphatic rings. The molecule has 0 spiro atoms. The number of aromatic amines is 1. The van der Waals surface area contributed by atoms with E-state index in [9.17, 15) is 0 Å². The van der Waals surface area contributed by atoms with Gasteiger partial charge in [0.1, 0.15) is 11.6 Å². The molecule has 2 aromatic heterocycles. The molecule has 5 nitrogen and oxygen atoms in total. The molecule has 5 heteroatoms. The molecular formula is C15H19N5. The Morgan fingerprint density at radius 2 is 2.15 bits per heavy atom. The molecule has 0 saturated heterocycles. The summed E-state index contributed by atoms with van der Waals surface area (Å²) in [5, 5.41) is 3.15. The number of rotatable bonds is 4. The Hall–Kier alpha value is -2.14. The second kappa shape index (κ2) is 5.09. The van der Waals surface area contributed by atoms with Crippen molar-refractivity contribution in [1.29, 1.82) is 0 Å². The van der Waals surface area contributed by atoms with E-state index in [-0.39, 0.29) is 0 Å². The van der Waals surface area contributed by atoms with Crippen LogP contribution in [0.3, 0.4) is 0 Å². The maximum Gasteiger partial charge on any atom is 0.110 e. The maximum absolute atomic E-state index is 4.72. The van der Waals surface area contributed by atoms with Gasteiger partial charge in [-0.25, -0.2) is 9.97 Å². The number of nitrogens with zero attached hydrogens (tertiary/aromatic N) is 3. The van der Waals surface area contributed by atoms with Crippen molar-refractivity contribution < 1.29 is 0 Å². The van der Waals surface area contributed by atoms with E-state index in [0.29, 0.717) is 0 Å². The van der Waals surface area contributed by atoms with Gasteiger partial charge in [-0.2, -0.15) is 0 Å². The monoisotopic (exact) mass is 269 g/mol. The van der Waals surface area contributed by atoms with Crippen molar-refractivity contribution in [2.75, 3.05) is 13.6 Å². The minimum Gasteiger partial charge on any atom is -0.342 e. The van der Waals surface area contributed by atoms with Crippen LogP contribution in [0.1, 0.15) is 11.6 Å². The summed E-state index contributed by atoms with van der Waals surface area (Å²) in [4.78, 5) is 12.4. The summed E-state index contributed by atoms with van der Waals surface area (Å²) in [6.45, 7) is 2.90. The number of hydrogen-bond donors (Lipinski definition) is 2. The molecule has 3 aromatic rings. The second-order valence-corrected chi connectivity index (χ2v) is 5.06. The molecule has 0 atom stereocenters. The first-order valence-corrected chi connectivity index (χ1v) is 6.81. The number of aromatic nitrogens is 4. The van der Waals surface area contributed by atoms with Crippen LogP contribution in [0.25, 0.3) is 22.3 Å². The number of hydrogen-bond acceptors (Lipinski definition) is 3. The van der Waals surface area contributed by atoms with Crippen LogP contribution in [0.4, 0.5) is 0 Å². The lowest BCUT2D eigenvalue weighted by molar-refractivity contribution is 0.718. The van der Waals surface area contributed by atoms with Crippen molar-refractivity contribution in [3.63, 3.8) is 0 Å². The maximum atomic E-state index is 4.72. The molecule has 0 radical (unpaired) electrons. The Balaban J connectivity index is 1.97. The highest BCUT2D eigenvalue weighted by molar-refractivity contribution is 5.81. The van der Waals surface area contributed by atoms with E-state index in [2.05, 4.69) is 38.2 Å². The van der Waals surface area contributed by atoms with Gasteiger partial charge in [0.05, 0.1) is 16.7 Å². The molecule has 0 bridgehead atoms. The van der Waals surface area contributed by atoms with E-state index in [1.165, 1.54) is 0 Å². The van der Waals surface area contributed by atoms with Crippen LogP contribution in [-0.2, 0) is 13.5 Å². The van der Waals surface area contributed by atoms with E-state index in [4.69, 9.17) is 4.98 Å². The van der Waals surface area contributed by atoms with Gasteiger partial charge in [-0.05, 0) is 26.1 Å². The van der Waals surface area contributed by atoms with E-state index in [1.807, 2.05) is 27.1 Å². The predicted octanol–water partition coefficient (Wildman–Crippen LogP) is 2.03. The number of aryl methyl sites for hydroxylation is 2. The van der Waals surface area contributed by atoms with Gasteiger partial charge in [0, 0.05) is 31.8 Å². The Morgan fingerprint density at radius 3 is 2.95 bits per heavy atom. The summed E-state index contributed by atoms with van der Waals surface area (Å²) in [7, 11) is 4.00.